The Balaban J connectivity index is 4.31. The largest absolute Gasteiger partial charge is 0.269 e. The second-order valence-corrected chi connectivity index (χ2v) is 4.86. The van der Waals surface area contributed by atoms with Gasteiger partial charge in [-0.15, -0.1) is 0 Å². The highest BCUT2D eigenvalue weighted by molar-refractivity contribution is 5.64. The molecule has 1 nitrogen and oxygen atoms in total. The standard InChI is InChI=1S/C12H23N/c1-7-11(10(2)3)8-13-9-12(4,5)6/h8-10H,7H2,1-6H3/b11-8+,13-9?. The molecule has 0 heterocycles. The summed E-state index contributed by atoms with van der Waals surface area (Å²) < 4.78 is 0. The smallest absolute Gasteiger partial charge is 0.0258 e. The van der Waals surface area contributed by atoms with Crippen molar-refractivity contribution in [2.24, 2.45) is 16.3 Å². The van der Waals surface area contributed by atoms with Gasteiger partial charge in [-0.1, -0.05) is 41.5 Å². The van der Waals surface area contributed by atoms with E-state index in [1.165, 1.54) is 5.57 Å². The maximum Gasteiger partial charge on any atom is 0.0258 e. The Hall–Kier alpha value is -0.590. The van der Waals surface area contributed by atoms with Crippen LogP contribution >= 0.6 is 0 Å². The zero-order valence-corrected chi connectivity index (χ0v) is 9.89. The van der Waals surface area contributed by atoms with Gasteiger partial charge in [-0.2, -0.15) is 0 Å². The molecule has 0 radical (unpaired) electrons. The Morgan fingerprint density at radius 3 is 2.15 bits per heavy atom. The summed E-state index contributed by atoms with van der Waals surface area (Å²) >= 11 is 0. The van der Waals surface area contributed by atoms with Crippen LogP contribution in [0.1, 0.15) is 48.0 Å². The molecule has 76 valence electrons. The number of allylic oxidation sites excluding steroid dienone is 1. The lowest BCUT2D eigenvalue weighted by molar-refractivity contribution is 0.606. The SMILES string of the molecule is CC/C(=C\N=CC(C)(C)C)C(C)C. The summed E-state index contributed by atoms with van der Waals surface area (Å²) in [6.07, 6.45) is 5.11. The molecule has 0 fully saturated rings. The molecule has 0 aliphatic rings. The molecule has 0 aromatic rings. The quantitative estimate of drug-likeness (QED) is 0.582. The first-order chi connectivity index (χ1) is 5.87. The van der Waals surface area contributed by atoms with E-state index in [0.29, 0.717) is 5.92 Å². The van der Waals surface area contributed by atoms with Crippen LogP contribution in [0.3, 0.4) is 0 Å². The van der Waals surface area contributed by atoms with Crippen LogP contribution in [-0.2, 0) is 0 Å². The van der Waals surface area contributed by atoms with Crippen LogP contribution in [0.25, 0.3) is 0 Å². The van der Waals surface area contributed by atoms with E-state index in [1.54, 1.807) is 0 Å². The lowest BCUT2D eigenvalue weighted by Gasteiger charge is -2.10. The summed E-state index contributed by atoms with van der Waals surface area (Å²) in [4.78, 5) is 4.35. The lowest BCUT2D eigenvalue weighted by atomic mass is 9.99. The van der Waals surface area contributed by atoms with E-state index in [4.69, 9.17) is 0 Å². The van der Waals surface area contributed by atoms with Crippen LogP contribution in [0.15, 0.2) is 16.8 Å². The monoisotopic (exact) mass is 181 g/mol. The van der Waals surface area contributed by atoms with E-state index in [-0.39, 0.29) is 5.41 Å². The minimum atomic E-state index is 0.187. The zero-order valence-electron chi connectivity index (χ0n) is 9.89. The predicted molar refractivity (Wildman–Crippen MR) is 61.2 cm³/mol. The summed E-state index contributed by atoms with van der Waals surface area (Å²) in [5.41, 5.74) is 1.60. The molecule has 13 heavy (non-hydrogen) atoms. The Morgan fingerprint density at radius 1 is 1.31 bits per heavy atom. The molecule has 0 unspecified atom stereocenters. The second-order valence-electron chi connectivity index (χ2n) is 4.86. The van der Waals surface area contributed by atoms with Gasteiger partial charge in [-0.3, -0.25) is 4.99 Å². The predicted octanol–water partition coefficient (Wildman–Crippen LogP) is 4.05. The first kappa shape index (κ1) is 12.4. The van der Waals surface area contributed by atoms with Gasteiger partial charge in [0.1, 0.15) is 0 Å². The average molecular weight is 181 g/mol. The van der Waals surface area contributed by atoms with Crippen molar-refractivity contribution in [3.63, 3.8) is 0 Å². The van der Waals surface area contributed by atoms with E-state index in [0.717, 1.165) is 6.42 Å². The highest BCUT2D eigenvalue weighted by Crippen LogP contribution is 2.14. The molecule has 0 aromatic carbocycles. The maximum absolute atomic E-state index is 4.35. The van der Waals surface area contributed by atoms with Crippen molar-refractivity contribution in [3.05, 3.63) is 11.8 Å². The zero-order chi connectivity index (χ0) is 10.5. The summed E-state index contributed by atoms with van der Waals surface area (Å²) in [5, 5.41) is 0. The molecule has 0 saturated heterocycles. The van der Waals surface area contributed by atoms with Gasteiger partial charge in [0, 0.05) is 12.4 Å². The summed E-state index contributed by atoms with van der Waals surface area (Å²) in [6.45, 7) is 13.1. The molecule has 0 bridgehead atoms. The Morgan fingerprint density at radius 2 is 1.85 bits per heavy atom. The summed E-state index contributed by atoms with van der Waals surface area (Å²) in [6, 6.07) is 0. The number of rotatable bonds is 3. The van der Waals surface area contributed by atoms with Crippen LogP contribution in [0.5, 0.6) is 0 Å². The van der Waals surface area contributed by atoms with Crippen molar-refractivity contribution in [1.29, 1.82) is 0 Å². The number of hydrogen-bond acceptors (Lipinski definition) is 1. The topological polar surface area (TPSA) is 12.4 Å². The van der Waals surface area contributed by atoms with Crippen molar-refractivity contribution >= 4 is 6.21 Å². The molecule has 1 heteroatoms. The van der Waals surface area contributed by atoms with E-state index in [9.17, 15) is 0 Å². The fourth-order valence-electron chi connectivity index (χ4n) is 1.01. The van der Waals surface area contributed by atoms with Gasteiger partial charge < -0.3 is 0 Å². The van der Waals surface area contributed by atoms with Gasteiger partial charge >= 0.3 is 0 Å². The molecule has 0 spiro atoms. The lowest BCUT2D eigenvalue weighted by Crippen LogP contribution is -2.05. The first-order valence-electron chi connectivity index (χ1n) is 5.10. The third-order valence-corrected chi connectivity index (χ3v) is 1.85. The molecule has 0 aliphatic heterocycles. The number of aliphatic imine (C=N–C) groups is 1. The third-order valence-electron chi connectivity index (χ3n) is 1.85. The Bertz CT molecular complexity index is 192. The van der Waals surface area contributed by atoms with Crippen LogP contribution in [0, 0.1) is 11.3 Å². The van der Waals surface area contributed by atoms with Gasteiger partial charge in [-0.05, 0) is 23.3 Å². The van der Waals surface area contributed by atoms with Crippen LogP contribution < -0.4 is 0 Å². The first-order valence-corrected chi connectivity index (χ1v) is 5.10. The van der Waals surface area contributed by atoms with Gasteiger partial charge in [0.15, 0.2) is 0 Å². The summed E-state index contributed by atoms with van der Waals surface area (Å²) in [7, 11) is 0. The molecular weight excluding hydrogens is 158 g/mol. The number of hydrogen-bond donors (Lipinski definition) is 0. The fraction of sp³-hybridized carbons (Fsp3) is 0.750. The number of nitrogens with zero attached hydrogens (tertiary/aromatic N) is 1. The maximum atomic E-state index is 4.35. The Labute approximate surface area is 83.0 Å². The van der Waals surface area contributed by atoms with Gasteiger partial charge in [0.25, 0.3) is 0 Å². The average Bonchev–Trinajstić information content (AvgIpc) is 1.95. The van der Waals surface area contributed by atoms with E-state index >= 15 is 0 Å². The second kappa shape index (κ2) is 5.21. The highest BCUT2D eigenvalue weighted by atomic mass is 14.7. The highest BCUT2D eigenvalue weighted by Gasteiger charge is 2.04. The molecule has 0 aromatic heterocycles. The van der Waals surface area contributed by atoms with Crippen LogP contribution in [-0.4, -0.2) is 6.21 Å². The normalized spacial score (nSPS) is 14.5. The van der Waals surface area contributed by atoms with Crippen molar-refractivity contribution in [2.45, 2.75) is 48.0 Å². The van der Waals surface area contributed by atoms with Gasteiger partial charge in [-0.25, -0.2) is 0 Å². The van der Waals surface area contributed by atoms with Crippen molar-refractivity contribution in [2.75, 3.05) is 0 Å². The molecule has 0 atom stereocenters. The summed E-state index contributed by atoms with van der Waals surface area (Å²) in [5.74, 6) is 0.613. The molecule has 0 rings (SSSR count). The Kier molecular flexibility index (Phi) is 4.97. The molecule has 0 N–H and O–H groups in total. The van der Waals surface area contributed by atoms with E-state index in [1.807, 2.05) is 12.4 Å². The molecular formula is C12H23N. The minimum absolute atomic E-state index is 0.187. The van der Waals surface area contributed by atoms with Crippen LogP contribution in [0.2, 0.25) is 0 Å². The van der Waals surface area contributed by atoms with E-state index < -0.39 is 0 Å². The van der Waals surface area contributed by atoms with Crippen molar-refractivity contribution in [1.82, 2.24) is 0 Å². The fourth-order valence-corrected chi connectivity index (χ4v) is 1.01. The molecule has 0 saturated carbocycles. The molecule has 0 aliphatic carbocycles. The third kappa shape index (κ3) is 6.56. The minimum Gasteiger partial charge on any atom is -0.269 e. The van der Waals surface area contributed by atoms with Crippen molar-refractivity contribution in [3.8, 4) is 0 Å². The van der Waals surface area contributed by atoms with Crippen molar-refractivity contribution < 1.29 is 0 Å². The van der Waals surface area contributed by atoms with Crippen LogP contribution in [0.4, 0.5) is 0 Å². The van der Waals surface area contributed by atoms with E-state index in [2.05, 4.69) is 46.5 Å². The van der Waals surface area contributed by atoms with Gasteiger partial charge in [0.05, 0.1) is 0 Å². The molecule has 0 amide bonds. The van der Waals surface area contributed by atoms with Gasteiger partial charge in [0.2, 0.25) is 0 Å².